The minimum absolute atomic E-state index is 0.279. The van der Waals surface area contributed by atoms with Gasteiger partial charge in [0.05, 0.1) is 6.26 Å². The van der Waals surface area contributed by atoms with Crippen LogP contribution in [-0.4, -0.2) is 5.97 Å². The van der Waals surface area contributed by atoms with Crippen LogP contribution in [0, 0.1) is 0 Å². The molecular formula is C16H20O2. The van der Waals surface area contributed by atoms with Crippen molar-refractivity contribution in [3.63, 3.8) is 0 Å². The van der Waals surface area contributed by atoms with Crippen molar-refractivity contribution in [3.8, 4) is 0 Å². The standard InChI is InChI=1S/C16H20O2/c1-3-4-6-9-14(2)16(17)18-13-12-15-10-7-5-8-11-15/h5,7-13H,3-4,6H2,1-2H3. The Balaban J connectivity index is 2.41. The Hall–Kier alpha value is -1.83. The maximum absolute atomic E-state index is 11.6. The fourth-order valence-electron chi connectivity index (χ4n) is 1.44. The van der Waals surface area contributed by atoms with E-state index in [0.717, 1.165) is 24.8 Å². The lowest BCUT2D eigenvalue weighted by atomic mass is 10.2. The maximum Gasteiger partial charge on any atom is 0.338 e. The van der Waals surface area contributed by atoms with Gasteiger partial charge in [0.2, 0.25) is 0 Å². The Labute approximate surface area is 109 Å². The van der Waals surface area contributed by atoms with Gasteiger partial charge in [-0.15, -0.1) is 0 Å². The first-order chi connectivity index (χ1) is 8.74. The predicted molar refractivity (Wildman–Crippen MR) is 74.9 cm³/mol. The van der Waals surface area contributed by atoms with Crippen molar-refractivity contribution in [2.24, 2.45) is 0 Å². The molecule has 0 atom stereocenters. The summed E-state index contributed by atoms with van der Waals surface area (Å²) in [6, 6.07) is 9.74. The second-order valence-electron chi connectivity index (χ2n) is 4.15. The number of hydrogen-bond donors (Lipinski definition) is 0. The van der Waals surface area contributed by atoms with Crippen LogP contribution in [0.5, 0.6) is 0 Å². The molecule has 0 aliphatic carbocycles. The van der Waals surface area contributed by atoms with Crippen LogP contribution in [0.3, 0.4) is 0 Å². The fourth-order valence-corrected chi connectivity index (χ4v) is 1.44. The third kappa shape index (κ3) is 5.48. The van der Waals surface area contributed by atoms with E-state index in [1.54, 1.807) is 13.0 Å². The van der Waals surface area contributed by atoms with Gasteiger partial charge in [-0.25, -0.2) is 4.79 Å². The largest absolute Gasteiger partial charge is 0.431 e. The van der Waals surface area contributed by atoms with Gasteiger partial charge in [0.15, 0.2) is 0 Å². The molecule has 0 aliphatic heterocycles. The van der Waals surface area contributed by atoms with Crippen LogP contribution in [-0.2, 0) is 9.53 Å². The molecule has 0 aromatic heterocycles. The number of carbonyl (C=O) groups is 1. The van der Waals surface area contributed by atoms with Crippen molar-refractivity contribution in [1.29, 1.82) is 0 Å². The number of allylic oxidation sites excluding steroid dienone is 1. The summed E-state index contributed by atoms with van der Waals surface area (Å²) < 4.78 is 5.05. The van der Waals surface area contributed by atoms with Gasteiger partial charge in [-0.2, -0.15) is 0 Å². The summed E-state index contributed by atoms with van der Waals surface area (Å²) in [7, 11) is 0. The number of carbonyl (C=O) groups excluding carboxylic acids is 1. The van der Waals surface area contributed by atoms with Crippen LogP contribution < -0.4 is 0 Å². The van der Waals surface area contributed by atoms with E-state index >= 15 is 0 Å². The number of unbranched alkanes of at least 4 members (excludes halogenated alkanes) is 2. The summed E-state index contributed by atoms with van der Waals surface area (Å²) in [5, 5.41) is 0. The Morgan fingerprint density at radius 3 is 2.67 bits per heavy atom. The Bertz CT molecular complexity index is 416. The molecule has 0 unspecified atom stereocenters. The van der Waals surface area contributed by atoms with Crippen LogP contribution in [0.2, 0.25) is 0 Å². The van der Waals surface area contributed by atoms with Crippen LogP contribution in [0.15, 0.2) is 48.2 Å². The molecule has 18 heavy (non-hydrogen) atoms. The summed E-state index contributed by atoms with van der Waals surface area (Å²) in [6.45, 7) is 3.92. The summed E-state index contributed by atoms with van der Waals surface area (Å²) >= 11 is 0. The van der Waals surface area contributed by atoms with Gasteiger partial charge in [-0.3, -0.25) is 0 Å². The number of ether oxygens (including phenoxy) is 1. The van der Waals surface area contributed by atoms with Crippen molar-refractivity contribution in [1.82, 2.24) is 0 Å². The zero-order valence-corrected chi connectivity index (χ0v) is 11.1. The van der Waals surface area contributed by atoms with E-state index in [4.69, 9.17) is 4.74 Å². The fraction of sp³-hybridized carbons (Fsp3) is 0.312. The number of rotatable bonds is 6. The molecule has 0 fully saturated rings. The van der Waals surface area contributed by atoms with Crippen molar-refractivity contribution < 1.29 is 9.53 Å². The zero-order chi connectivity index (χ0) is 13.2. The van der Waals surface area contributed by atoms with Gasteiger partial charge < -0.3 is 4.74 Å². The Morgan fingerprint density at radius 2 is 2.00 bits per heavy atom. The molecule has 1 aromatic carbocycles. The van der Waals surface area contributed by atoms with Gasteiger partial charge in [-0.05, 0) is 25.0 Å². The van der Waals surface area contributed by atoms with E-state index in [1.165, 1.54) is 6.26 Å². The molecule has 96 valence electrons. The topological polar surface area (TPSA) is 26.3 Å². The highest BCUT2D eigenvalue weighted by molar-refractivity contribution is 5.88. The lowest BCUT2D eigenvalue weighted by Gasteiger charge is -1.99. The molecule has 0 heterocycles. The van der Waals surface area contributed by atoms with Crippen molar-refractivity contribution in [2.45, 2.75) is 33.1 Å². The van der Waals surface area contributed by atoms with E-state index < -0.39 is 0 Å². The average Bonchev–Trinajstić information content (AvgIpc) is 2.40. The van der Waals surface area contributed by atoms with Gasteiger partial charge in [0.25, 0.3) is 0 Å². The smallest absolute Gasteiger partial charge is 0.338 e. The zero-order valence-electron chi connectivity index (χ0n) is 11.1. The van der Waals surface area contributed by atoms with E-state index in [2.05, 4.69) is 6.92 Å². The minimum atomic E-state index is -0.279. The normalized spacial score (nSPS) is 11.8. The van der Waals surface area contributed by atoms with Crippen molar-refractivity contribution >= 4 is 12.0 Å². The second-order valence-corrected chi connectivity index (χ2v) is 4.15. The second kappa shape index (κ2) is 8.29. The summed E-state index contributed by atoms with van der Waals surface area (Å²) in [6.07, 6.45) is 8.31. The maximum atomic E-state index is 11.6. The van der Waals surface area contributed by atoms with Crippen LogP contribution in [0.25, 0.3) is 6.08 Å². The SMILES string of the molecule is CCCCC=C(C)C(=O)OC=Cc1ccccc1. The Morgan fingerprint density at radius 1 is 1.28 bits per heavy atom. The van der Waals surface area contributed by atoms with Gasteiger partial charge in [0.1, 0.15) is 0 Å². The van der Waals surface area contributed by atoms with E-state index in [0.29, 0.717) is 5.57 Å². The highest BCUT2D eigenvalue weighted by Gasteiger charge is 2.02. The summed E-state index contributed by atoms with van der Waals surface area (Å²) in [4.78, 5) is 11.6. The van der Waals surface area contributed by atoms with Crippen molar-refractivity contribution in [2.75, 3.05) is 0 Å². The van der Waals surface area contributed by atoms with Crippen LogP contribution >= 0.6 is 0 Å². The molecule has 0 N–H and O–H groups in total. The van der Waals surface area contributed by atoms with E-state index in [9.17, 15) is 4.79 Å². The molecule has 0 saturated carbocycles. The Kier molecular flexibility index (Phi) is 6.55. The molecular weight excluding hydrogens is 224 g/mol. The summed E-state index contributed by atoms with van der Waals surface area (Å²) in [5.74, 6) is -0.279. The van der Waals surface area contributed by atoms with Crippen LogP contribution in [0.4, 0.5) is 0 Å². The third-order valence-corrected chi connectivity index (χ3v) is 2.57. The van der Waals surface area contributed by atoms with Gasteiger partial charge in [0, 0.05) is 5.57 Å². The van der Waals surface area contributed by atoms with Gasteiger partial charge >= 0.3 is 5.97 Å². The highest BCUT2D eigenvalue weighted by Crippen LogP contribution is 2.05. The molecule has 0 radical (unpaired) electrons. The quantitative estimate of drug-likeness (QED) is 0.322. The minimum Gasteiger partial charge on any atom is -0.431 e. The first-order valence-electron chi connectivity index (χ1n) is 6.33. The monoisotopic (exact) mass is 244 g/mol. The molecule has 0 spiro atoms. The third-order valence-electron chi connectivity index (χ3n) is 2.57. The molecule has 0 aliphatic rings. The molecule has 1 rings (SSSR count). The molecule has 2 heteroatoms. The predicted octanol–water partition coefficient (Wildman–Crippen LogP) is 4.34. The van der Waals surface area contributed by atoms with E-state index in [-0.39, 0.29) is 5.97 Å². The van der Waals surface area contributed by atoms with E-state index in [1.807, 2.05) is 36.4 Å². The highest BCUT2D eigenvalue weighted by atomic mass is 16.5. The van der Waals surface area contributed by atoms with Crippen LogP contribution in [0.1, 0.15) is 38.7 Å². The average molecular weight is 244 g/mol. The molecule has 1 aromatic rings. The molecule has 0 saturated heterocycles. The number of hydrogen-bond acceptors (Lipinski definition) is 2. The molecule has 0 bridgehead atoms. The lowest BCUT2D eigenvalue weighted by molar-refractivity contribution is -0.133. The molecule has 0 amide bonds. The summed E-state index contributed by atoms with van der Waals surface area (Å²) in [5.41, 5.74) is 1.68. The number of esters is 1. The van der Waals surface area contributed by atoms with Gasteiger partial charge in [-0.1, -0.05) is 56.2 Å². The first kappa shape index (κ1) is 14.2. The molecule has 2 nitrogen and oxygen atoms in total. The van der Waals surface area contributed by atoms with Crippen molar-refractivity contribution in [3.05, 3.63) is 53.8 Å². The first-order valence-corrected chi connectivity index (χ1v) is 6.33. The lowest BCUT2D eigenvalue weighted by Crippen LogP contribution is -2.00. The number of benzene rings is 1.